The van der Waals surface area contributed by atoms with E-state index in [4.69, 9.17) is 10.0 Å². The SMILES string of the molecule is OB(O)Oc1ccc(I)c(I)c1. The molecule has 3 nitrogen and oxygen atoms in total. The van der Waals surface area contributed by atoms with Gasteiger partial charge in [0.25, 0.3) is 0 Å². The van der Waals surface area contributed by atoms with Crippen LogP contribution < -0.4 is 4.65 Å². The predicted molar refractivity (Wildman–Crippen MR) is 62.7 cm³/mol. The summed E-state index contributed by atoms with van der Waals surface area (Å²) in [6.07, 6.45) is 0. The van der Waals surface area contributed by atoms with Crippen LogP contribution in [0.2, 0.25) is 0 Å². The average molecular weight is 390 g/mol. The molecule has 0 saturated heterocycles. The molecule has 0 bridgehead atoms. The van der Waals surface area contributed by atoms with Gasteiger partial charge in [-0.1, -0.05) is 0 Å². The summed E-state index contributed by atoms with van der Waals surface area (Å²) in [5.41, 5.74) is 0. The Labute approximate surface area is 97.6 Å². The molecule has 0 amide bonds. The second-order valence-electron chi connectivity index (χ2n) is 2.02. The minimum atomic E-state index is -1.75. The molecule has 0 radical (unpaired) electrons. The zero-order valence-corrected chi connectivity index (χ0v) is 10.2. The topological polar surface area (TPSA) is 49.7 Å². The molecular weight excluding hydrogens is 385 g/mol. The molecule has 1 aromatic rings. The number of benzene rings is 1. The van der Waals surface area contributed by atoms with Crippen molar-refractivity contribution in [3.8, 4) is 5.75 Å². The van der Waals surface area contributed by atoms with Gasteiger partial charge in [-0.05, 0) is 63.4 Å². The Bertz CT molecular complexity index is 279. The average Bonchev–Trinajstić information content (AvgIpc) is 1.96. The van der Waals surface area contributed by atoms with Gasteiger partial charge < -0.3 is 14.7 Å². The Morgan fingerprint density at radius 1 is 1.17 bits per heavy atom. The molecule has 1 aromatic carbocycles. The Morgan fingerprint density at radius 3 is 2.33 bits per heavy atom. The van der Waals surface area contributed by atoms with Gasteiger partial charge in [0.05, 0.1) is 0 Å². The molecular formula is C6H5BI2O3. The summed E-state index contributed by atoms with van der Waals surface area (Å²) in [5, 5.41) is 17.0. The molecule has 0 aliphatic heterocycles. The van der Waals surface area contributed by atoms with Crippen molar-refractivity contribution in [2.24, 2.45) is 0 Å². The third-order valence-corrected chi connectivity index (χ3v) is 4.00. The van der Waals surface area contributed by atoms with Gasteiger partial charge in [-0.3, -0.25) is 0 Å². The first-order valence-electron chi connectivity index (χ1n) is 3.07. The molecule has 0 unspecified atom stereocenters. The van der Waals surface area contributed by atoms with Crippen LogP contribution in [0.15, 0.2) is 18.2 Å². The number of halogens is 2. The lowest BCUT2D eigenvalue weighted by molar-refractivity contribution is 0.288. The van der Waals surface area contributed by atoms with Crippen molar-refractivity contribution in [1.82, 2.24) is 0 Å². The highest BCUT2D eigenvalue weighted by atomic mass is 127. The summed E-state index contributed by atoms with van der Waals surface area (Å²) in [6, 6.07) is 5.27. The van der Waals surface area contributed by atoms with E-state index in [0.29, 0.717) is 5.75 Å². The smallest absolute Gasteiger partial charge is 0.512 e. The van der Waals surface area contributed by atoms with E-state index < -0.39 is 7.32 Å². The summed E-state index contributed by atoms with van der Waals surface area (Å²) in [4.78, 5) is 0. The van der Waals surface area contributed by atoms with Crippen molar-refractivity contribution in [1.29, 1.82) is 0 Å². The molecule has 0 heterocycles. The van der Waals surface area contributed by atoms with Gasteiger partial charge >= 0.3 is 7.32 Å². The van der Waals surface area contributed by atoms with Crippen LogP contribution in [0.3, 0.4) is 0 Å². The molecule has 2 N–H and O–H groups in total. The predicted octanol–water partition coefficient (Wildman–Crippen LogP) is 1.24. The van der Waals surface area contributed by atoms with Gasteiger partial charge in [0.15, 0.2) is 0 Å². The van der Waals surface area contributed by atoms with E-state index in [1.54, 1.807) is 12.1 Å². The van der Waals surface area contributed by atoms with Crippen LogP contribution in [0.4, 0.5) is 0 Å². The van der Waals surface area contributed by atoms with Crippen LogP contribution in [0.25, 0.3) is 0 Å². The number of hydrogen-bond acceptors (Lipinski definition) is 3. The molecule has 6 heteroatoms. The largest absolute Gasteiger partial charge is 0.707 e. The minimum Gasteiger partial charge on any atom is -0.512 e. The van der Waals surface area contributed by atoms with E-state index in [1.165, 1.54) is 0 Å². The van der Waals surface area contributed by atoms with E-state index in [2.05, 4.69) is 49.8 Å². The van der Waals surface area contributed by atoms with E-state index in [1.807, 2.05) is 6.07 Å². The van der Waals surface area contributed by atoms with Crippen LogP contribution in [0, 0.1) is 7.14 Å². The van der Waals surface area contributed by atoms with Crippen LogP contribution in [-0.2, 0) is 0 Å². The maximum atomic E-state index is 8.50. The van der Waals surface area contributed by atoms with Gasteiger partial charge in [-0.25, -0.2) is 0 Å². The summed E-state index contributed by atoms with van der Waals surface area (Å²) >= 11 is 4.33. The zero-order chi connectivity index (χ0) is 9.14. The maximum absolute atomic E-state index is 8.50. The summed E-state index contributed by atoms with van der Waals surface area (Å²) in [6.45, 7) is 0. The van der Waals surface area contributed by atoms with Crippen LogP contribution >= 0.6 is 45.2 Å². The lowest BCUT2D eigenvalue weighted by Gasteiger charge is -2.05. The summed E-state index contributed by atoms with van der Waals surface area (Å²) < 4.78 is 6.78. The minimum absolute atomic E-state index is 0.454. The molecule has 0 saturated carbocycles. The van der Waals surface area contributed by atoms with E-state index in [-0.39, 0.29) is 0 Å². The summed E-state index contributed by atoms with van der Waals surface area (Å²) in [7, 11) is -1.75. The van der Waals surface area contributed by atoms with E-state index in [9.17, 15) is 0 Å². The molecule has 0 aliphatic rings. The zero-order valence-electron chi connectivity index (χ0n) is 5.87. The van der Waals surface area contributed by atoms with Crippen molar-refractivity contribution in [2.45, 2.75) is 0 Å². The van der Waals surface area contributed by atoms with Crippen LogP contribution in [-0.4, -0.2) is 17.4 Å². The first-order chi connectivity index (χ1) is 5.59. The molecule has 12 heavy (non-hydrogen) atoms. The third-order valence-electron chi connectivity index (χ3n) is 1.13. The number of rotatable bonds is 2. The van der Waals surface area contributed by atoms with Gasteiger partial charge in [0.2, 0.25) is 0 Å². The third kappa shape index (κ3) is 3.07. The van der Waals surface area contributed by atoms with Gasteiger partial charge in [0, 0.05) is 7.14 Å². The quantitative estimate of drug-likeness (QED) is 0.591. The molecule has 0 atom stereocenters. The monoisotopic (exact) mass is 390 g/mol. The van der Waals surface area contributed by atoms with Crippen LogP contribution in [0.5, 0.6) is 5.75 Å². The molecule has 0 aliphatic carbocycles. The fraction of sp³-hybridized carbons (Fsp3) is 0. The van der Waals surface area contributed by atoms with Crippen molar-refractivity contribution in [3.63, 3.8) is 0 Å². The van der Waals surface area contributed by atoms with Crippen molar-refractivity contribution in [3.05, 3.63) is 25.3 Å². The first-order valence-corrected chi connectivity index (χ1v) is 5.23. The Kier molecular flexibility index (Phi) is 4.07. The lowest BCUT2D eigenvalue weighted by Crippen LogP contribution is -2.20. The fourth-order valence-electron chi connectivity index (χ4n) is 0.672. The van der Waals surface area contributed by atoms with Crippen LogP contribution in [0.1, 0.15) is 0 Å². The van der Waals surface area contributed by atoms with Crippen molar-refractivity contribution in [2.75, 3.05) is 0 Å². The van der Waals surface area contributed by atoms with Crippen molar-refractivity contribution >= 4 is 52.5 Å². The van der Waals surface area contributed by atoms with Crippen molar-refractivity contribution < 1.29 is 14.7 Å². The molecule has 1 rings (SSSR count). The molecule has 0 spiro atoms. The highest BCUT2D eigenvalue weighted by Crippen LogP contribution is 2.20. The summed E-state index contributed by atoms with van der Waals surface area (Å²) in [5.74, 6) is 0.454. The normalized spacial score (nSPS) is 9.67. The fourth-order valence-corrected chi connectivity index (χ4v) is 1.49. The molecule has 64 valence electrons. The second-order valence-corrected chi connectivity index (χ2v) is 4.34. The molecule has 0 aromatic heterocycles. The van der Waals surface area contributed by atoms with Gasteiger partial charge in [-0.15, -0.1) is 0 Å². The highest BCUT2D eigenvalue weighted by Gasteiger charge is 2.11. The van der Waals surface area contributed by atoms with Gasteiger partial charge in [-0.2, -0.15) is 0 Å². The first kappa shape index (κ1) is 10.5. The standard InChI is InChI=1S/C6H5BI2O3/c8-5-2-1-4(3-6(5)9)12-7(10)11/h1-3,10-11H. The Morgan fingerprint density at radius 2 is 1.83 bits per heavy atom. The van der Waals surface area contributed by atoms with E-state index in [0.717, 1.165) is 7.14 Å². The number of hydrogen-bond donors (Lipinski definition) is 2. The van der Waals surface area contributed by atoms with Gasteiger partial charge in [0.1, 0.15) is 5.75 Å². The molecule has 0 fully saturated rings. The highest BCUT2D eigenvalue weighted by molar-refractivity contribution is 14.1. The maximum Gasteiger partial charge on any atom is 0.707 e. The second kappa shape index (κ2) is 4.63. The van der Waals surface area contributed by atoms with E-state index >= 15 is 0 Å². The lowest BCUT2D eigenvalue weighted by atomic mass is 10.2. The Balaban J connectivity index is 2.82. The Hall–Kier alpha value is 0.465.